The number of benzene rings is 2. The molecule has 2 N–H and O–H groups in total. The van der Waals surface area contributed by atoms with Gasteiger partial charge in [0.25, 0.3) is 8.32 Å². The Kier molecular flexibility index (Phi) is 9.70. The smallest absolute Gasteiger partial charge is 0.407 e. The lowest BCUT2D eigenvalue weighted by Gasteiger charge is -2.43. The molecule has 2 rings (SSSR count). The molecule has 2 aromatic rings. The molecule has 2 aromatic carbocycles. The van der Waals surface area contributed by atoms with Gasteiger partial charge in [-0.3, -0.25) is 0 Å². The van der Waals surface area contributed by atoms with E-state index < -0.39 is 20.0 Å². The standard InChI is InChI=1S/C27H41NO4Si/c1-26(2,3)32-25(30)28-22(15-13-14-20-29)21-31-33(27(4,5)6,23-16-9-7-10-17-23)24-18-11-8-12-19-24/h7-12,16-19,22,29H,13-15,20-21H2,1-6H3,(H,28,30)/t22-/m0/s1. The van der Waals surface area contributed by atoms with E-state index in [9.17, 15) is 9.90 Å². The van der Waals surface area contributed by atoms with Crippen LogP contribution in [0.3, 0.4) is 0 Å². The minimum Gasteiger partial charge on any atom is -0.444 e. The molecule has 0 aliphatic rings. The number of aliphatic hydroxyl groups is 1. The average Bonchev–Trinajstić information content (AvgIpc) is 2.73. The van der Waals surface area contributed by atoms with Crippen molar-refractivity contribution in [2.24, 2.45) is 0 Å². The highest BCUT2D eigenvalue weighted by Crippen LogP contribution is 2.36. The minimum atomic E-state index is -2.70. The van der Waals surface area contributed by atoms with E-state index in [4.69, 9.17) is 9.16 Å². The van der Waals surface area contributed by atoms with Gasteiger partial charge in [0.15, 0.2) is 0 Å². The summed E-state index contributed by atoms with van der Waals surface area (Å²) in [5.41, 5.74) is -0.571. The number of amides is 1. The summed E-state index contributed by atoms with van der Waals surface area (Å²) in [6.45, 7) is 12.8. The molecule has 0 aliphatic heterocycles. The van der Waals surface area contributed by atoms with E-state index in [1.165, 1.54) is 10.4 Å². The van der Waals surface area contributed by atoms with Crippen molar-refractivity contribution in [3.8, 4) is 0 Å². The second-order valence-electron chi connectivity index (χ2n) is 10.5. The van der Waals surface area contributed by atoms with E-state index in [1.54, 1.807) is 0 Å². The maximum atomic E-state index is 12.5. The Labute approximate surface area is 200 Å². The third-order valence-corrected chi connectivity index (χ3v) is 10.6. The minimum absolute atomic E-state index is 0.134. The molecule has 0 unspecified atom stereocenters. The van der Waals surface area contributed by atoms with E-state index in [-0.39, 0.29) is 17.7 Å². The molecule has 33 heavy (non-hydrogen) atoms. The van der Waals surface area contributed by atoms with Crippen molar-refractivity contribution in [1.82, 2.24) is 5.32 Å². The highest BCUT2D eigenvalue weighted by molar-refractivity contribution is 6.99. The predicted molar refractivity (Wildman–Crippen MR) is 138 cm³/mol. The Hall–Kier alpha value is -2.15. The van der Waals surface area contributed by atoms with Gasteiger partial charge in [-0.25, -0.2) is 4.79 Å². The SMILES string of the molecule is CC(C)(C)OC(=O)N[C@@H](CCCCO)CO[Si](c1ccccc1)(c1ccccc1)C(C)(C)C. The van der Waals surface area contributed by atoms with Crippen molar-refractivity contribution in [1.29, 1.82) is 0 Å². The van der Waals surface area contributed by atoms with Crippen molar-refractivity contribution in [2.75, 3.05) is 13.2 Å². The number of nitrogens with one attached hydrogen (secondary N) is 1. The van der Waals surface area contributed by atoms with E-state index in [2.05, 4.69) is 74.6 Å². The molecule has 0 saturated carbocycles. The largest absolute Gasteiger partial charge is 0.444 e. The Morgan fingerprint density at radius 1 is 0.909 bits per heavy atom. The number of carbonyl (C=O) groups is 1. The Morgan fingerprint density at radius 3 is 1.85 bits per heavy atom. The van der Waals surface area contributed by atoms with Crippen LogP contribution in [0.2, 0.25) is 5.04 Å². The first kappa shape index (κ1) is 27.1. The van der Waals surface area contributed by atoms with Crippen LogP contribution in [0, 0.1) is 0 Å². The molecule has 1 atom stereocenters. The van der Waals surface area contributed by atoms with Crippen LogP contribution < -0.4 is 15.7 Å². The number of carbonyl (C=O) groups excluding carboxylic acids is 1. The van der Waals surface area contributed by atoms with Crippen molar-refractivity contribution >= 4 is 24.8 Å². The fourth-order valence-corrected chi connectivity index (χ4v) is 8.77. The molecule has 0 fully saturated rings. The van der Waals surface area contributed by atoms with Crippen LogP contribution >= 0.6 is 0 Å². The Morgan fingerprint density at radius 2 is 1.42 bits per heavy atom. The number of hydrogen-bond acceptors (Lipinski definition) is 4. The molecule has 182 valence electrons. The lowest BCUT2D eigenvalue weighted by Crippen LogP contribution is -2.67. The molecular weight excluding hydrogens is 430 g/mol. The first-order valence-corrected chi connectivity index (χ1v) is 13.8. The van der Waals surface area contributed by atoms with Crippen LogP contribution in [0.1, 0.15) is 60.8 Å². The van der Waals surface area contributed by atoms with Gasteiger partial charge in [-0.05, 0) is 55.4 Å². The van der Waals surface area contributed by atoms with Gasteiger partial charge in [0.1, 0.15) is 5.60 Å². The Bertz CT molecular complexity index is 804. The van der Waals surface area contributed by atoms with Crippen molar-refractivity contribution < 1.29 is 19.1 Å². The third kappa shape index (κ3) is 7.69. The maximum absolute atomic E-state index is 12.5. The fourth-order valence-electron chi connectivity index (χ4n) is 4.16. The van der Waals surface area contributed by atoms with Gasteiger partial charge in [0, 0.05) is 6.61 Å². The highest BCUT2D eigenvalue weighted by atomic mass is 28.4. The molecule has 0 bridgehead atoms. The van der Waals surface area contributed by atoms with E-state index in [0.717, 1.165) is 6.42 Å². The van der Waals surface area contributed by atoms with Crippen LogP contribution in [-0.4, -0.2) is 44.4 Å². The second-order valence-corrected chi connectivity index (χ2v) is 14.8. The zero-order valence-electron chi connectivity index (χ0n) is 21.1. The number of alkyl carbamates (subject to hydrolysis) is 1. The quantitative estimate of drug-likeness (QED) is 0.392. The fraction of sp³-hybridized carbons (Fsp3) is 0.519. The van der Waals surface area contributed by atoms with Gasteiger partial charge in [-0.15, -0.1) is 0 Å². The first-order chi connectivity index (χ1) is 15.5. The number of rotatable bonds is 10. The molecule has 0 aliphatic carbocycles. The summed E-state index contributed by atoms with van der Waals surface area (Å²) in [7, 11) is -2.70. The van der Waals surface area contributed by atoms with Crippen LogP contribution in [0.15, 0.2) is 60.7 Å². The van der Waals surface area contributed by atoms with Crippen LogP contribution in [-0.2, 0) is 9.16 Å². The molecule has 1 amide bonds. The van der Waals surface area contributed by atoms with E-state index in [1.807, 2.05) is 32.9 Å². The number of aliphatic hydroxyl groups excluding tert-OH is 1. The summed E-state index contributed by atoms with van der Waals surface area (Å²) in [5.74, 6) is 0. The molecule has 0 aromatic heterocycles. The molecule has 0 heterocycles. The summed E-state index contributed by atoms with van der Waals surface area (Å²) in [6.07, 6.45) is 1.74. The topological polar surface area (TPSA) is 67.8 Å². The summed E-state index contributed by atoms with van der Waals surface area (Å²) in [5, 5.41) is 14.5. The monoisotopic (exact) mass is 471 g/mol. The van der Waals surface area contributed by atoms with Gasteiger partial charge >= 0.3 is 6.09 Å². The molecule has 0 spiro atoms. The molecule has 0 radical (unpaired) electrons. The molecule has 6 heteroatoms. The summed E-state index contributed by atoms with van der Waals surface area (Å²) in [6, 6.07) is 20.7. The van der Waals surface area contributed by atoms with Gasteiger partial charge in [0.05, 0.1) is 12.6 Å². The number of unbranched alkanes of at least 4 members (excludes halogenated alkanes) is 1. The van der Waals surface area contributed by atoms with Crippen LogP contribution in [0.5, 0.6) is 0 Å². The lowest BCUT2D eigenvalue weighted by molar-refractivity contribution is 0.0481. The van der Waals surface area contributed by atoms with Crippen LogP contribution in [0.25, 0.3) is 0 Å². The third-order valence-electron chi connectivity index (χ3n) is 5.60. The van der Waals surface area contributed by atoms with Crippen LogP contribution in [0.4, 0.5) is 4.79 Å². The number of ether oxygens (including phenoxy) is 1. The van der Waals surface area contributed by atoms with Crippen molar-refractivity contribution in [3.63, 3.8) is 0 Å². The number of hydrogen-bond donors (Lipinski definition) is 2. The van der Waals surface area contributed by atoms with Gasteiger partial charge < -0.3 is 19.6 Å². The zero-order valence-corrected chi connectivity index (χ0v) is 22.1. The summed E-state index contributed by atoms with van der Waals surface area (Å²) >= 11 is 0. The van der Waals surface area contributed by atoms with Crippen molar-refractivity contribution in [2.45, 2.75) is 77.5 Å². The average molecular weight is 472 g/mol. The Balaban J connectivity index is 2.39. The zero-order chi connectivity index (χ0) is 24.5. The maximum Gasteiger partial charge on any atom is 0.407 e. The van der Waals surface area contributed by atoms with E-state index in [0.29, 0.717) is 19.4 Å². The van der Waals surface area contributed by atoms with Gasteiger partial charge in [-0.1, -0.05) is 81.4 Å². The molecule has 0 saturated heterocycles. The molecule has 5 nitrogen and oxygen atoms in total. The summed E-state index contributed by atoms with van der Waals surface area (Å²) < 4.78 is 12.5. The normalized spacial score (nSPS) is 13.4. The highest BCUT2D eigenvalue weighted by Gasteiger charge is 2.50. The van der Waals surface area contributed by atoms with Gasteiger partial charge in [-0.2, -0.15) is 0 Å². The first-order valence-electron chi connectivity index (χ1n) is 11.8. The van der Waals surface area contributed by atoms with Crippen molar-refractivity contribution in [3.05, 3.63) is 60.7 Å². The van der Waals surface area contributed by atoms with E-state index >= 15 is 0 Å². The lowest BCUT2D eigenvalue weighted by atomic mass is 10.1. The molecular formula is C27H41NO4Si. The van der Waals surface area contributed by atoms with Gasteiger partial charge in [0.2, 0.25) is 0 Å². The second kappa shape index (κ2) is 11.8. The summed E-state index contributed by atoms with van der Waals surface area (Å²) in [4.78, 5) is 12.5. The predicted octanol–water partition coefficient (Wildman–Crippen LogP) is 4.62.